The Morgan fingerprint density at radius 3 is 2.73 bits per heavy atom. The normalized spacial score (nSPS) is 11.0. The summed E-state index contributed by atoms with van der Waals surface area (Å²) < 4.78 is 6.22. The standard InChI is InChI=1S/C19H17N3O3S/c1-12-2-8-15-16(10-12)26-19(21-15)22-18(24)9-5-13-3-6-14(7-4-13)25-11-17(20)23/h2-10H,11H2,1H3,(H2,20,23)(H,21,22,24)/b9-5+. The van der Waals surface area contributed by atoms with Crippen molar-refractivity contribution in [2.45, 2.75) is 6.92 Å². The van der Waals surface area contributed by atoms with Gasteiger partial charge in [-0.05, 0) is 48.4 Å². The van der Waals surface area contributed by atoms with Crippen LogP contribution in [0.3, 0.4) is 0 Å². The molecular weight excluding hydrogens is 350 g/mol. The summed E-state index contributed by atoms with van der Waals surface area (Å²) in [6.45, 7) is 1.85. The fraction of sp³-hybridized carbons (Fsp3) is 0.105. The molecule has 2 aromatic carbocycles. The Bertz CT molecular complexity index is 977. The van der Waals surface area contributed by atoms with Gasteiger partial charge in [-0.2, -0.15) is 0 Å². The number of ether oxygens (including phenoxy) is 1. The number of carbonyl (C=O) groups excluding carboxylic acids is 2. The molecule has 3 rings (SSSR count). The minimum atomic E-state index is -0.532. The Morgan fingerprint density at radius 1 is 1.23 bits per heavy atom. The fourth-order valence-corrected chi connectivity index (χ4v) is 3.20. The van der Waals surface area contributed by atoms with Gasteiger partial charge in [0.15, 0.2) is 11.7 Å². The van der Waals surface area contributed by atoms with E-state index in [0.717, 1.165) is 21.3 Å². The second kappa shape index (κ2) is 7.79. The molecule has 3 aromatic rings. The lowest BCUT2D eigenvalue weighted by molar-refractivity contribution is -0.120. The molecule has 26 heavy (non-hydrogen) atoms. The maximum Gasteiger partial charge on any atom is 0.255 e. The molecule has 0 saturated carbocycles. The molecular formula is C19H17N3O3S. The van der Waals surface area contributed by atoms with Gasteiger partial charge in [-0.1, -0.05) is 29.5 Å². The van der Waals surface area contributed by atoms with Crippen LogP contribution in [-0.2, 0) is 9.59 Å². The quantitative estimate of drug-likeness (QED) is 0.655. The average molecular weight is 367 g/mol. The Morgan fingerprint density at radius 2 is 2.00 bits per heavy atom. The van der Waals surface area contributed by atoms with E-state index in [9.17, 15) is 9.59 Å². The average Bonchev–Trinajstić information content (AvgIpc) is 3.00. The predicted molar refractivity (Wildman–Crippen MR) is 103 cm³/mol. The van der Waals surface area contributed by atoms with Crippen LogP contribution in [-0.4, -0.2) is 23.4 Å². The lowest BCUT2D eigenvalue weighted by Crippen LogP contribution is -2.19. The van der Waals surface area contributed by atoms with Crippen molar-refractivity contribution in [2.75, 3.05) is 11.9 Å². The number of hydrogen-bond donors (Lipinski definition) is 2. The summed E-state index contributed by atoms with van der Waals surface area (Å²) in [6.07, 6.45) is 3.13. The van der Waals surface area contributed by atoms with Gasteiger partial charge in [-0.15, -0.1) is 0 Å². The number of primary amides is 1. The van der Waals surface area contributed by atoms with Gasteiger partial charge >= 0.3 is 0 Å². The molecule has 0 aliphatic carbocycles. The van der Waals surface area contributed by atoms with Crippen LogP contribution in [0.5, 0.6) is 5.75 Å². The highest BCUT2D eigenvalue weighted by molar-refractivity contribution is 7.22. The molecule has 3 N–H and O–H groups in total. The van der Waals surface area contributed by atoms with Gasteiger partial charge in [0.25, 0.3) is 5.91 Å². The van der Waals surface area contributed by atoms with Crippen LogP contribution in [0.2, 0.25) is 0 Å². The SMILES string of the molecule is Cc1ccc2nc(NC(=O)/C=C/c3ccc(OCC(N)=O)cc3)sc2c1. The number of anilines is 1. The molecule has 0 unspecified atom stereocenters. The second-order valence-electron chi connectivity index (χ2n) is 5.64. The van der Waals surface area contributed by atoms with Crippen molar-refractivity contribution in [3.05, 3.63) is 59.7 Å². The van der Waals surface area contributed by atoms with E-state index in [0.29, 0.717) is 10.9 Å². The molecule has 0 aliphatic rings. The van der Waals surface area contributed by atoms with E-state index in [1.54, 1.807) is 30.3 Å². The van der Waals surface area contributed by atoms with E-state index in [-0.39, 0.29) is 12.5 Å². The summed E-state index contributed by atoms with van der Waals surface area (Å²) >= 11 is 1.44. The van der Waals surface area contributed by atoms with Gasteiger partial charge < -0.3 is 10.5 Å². The summed E-state index contributed by atoms with van der Waals surface area (Å²) in [6, 6.07) is 12.9. The van der Waals surface area contributed by atoms with Crippen LogP contribution in [0.1, 0.15) is 11.1 Å². The molecule has 132 valence electrons. The smallest absolute Gasteiger partial charge is 0.255 e. The molecule has 1 aromatic heterocycles. The number of thiazole rings is 1. The maximum absolute atomic E-state index is 12.1. The number of nitrogens with zero attached hydrogens (tertiary/aromatic N) is 1. The molecule has 0 radical (unpaired) electrons. The van der Waals surface area contributed by atoms with Crippen LogP contribution < -0.4 is 15.8 Å². The van der Waals surface area contributed by atoms with Crippen molar-refractivity contribution < 1.29 is 14.3 Å². The molecule has 0 atom stereocenters. The predicted octanol–water partition coefficient (Wildman–Crippen LogP) is 3.12. The summed E-state index contributed by atoms with van der Waals surface area (Å²) in [4.78, 5) is 27.1. The molecule has 0 saturated heterocycles. The first kappa shape index (κ1) is 17.6. The lowest BCUT2D eigenvalue weighted by Gasteiger charge is -2.03. The first-order chi connectivity index (χ1) is 12.5. The number of amides is 2. The molecule has 6 nitrogen and oxygen atoms in total. The number of carbonyl (C=O) groups is 2. The first-order valence-corrected chi connectivity index (χ1v) is 8.69. The minimum Gasteiger partial charge on any atom is -0.484 e. The van der Waals surface area contributed by atoms with E-state index in [1.807, 2.05) is 25.1 Å². The van der Waals surface area contributed by atoms with Crippen molar-refractivity contribution in [3.63, 3.8) is 0 Å². The highest BCUT2D eigenvalue weighted by atomic mass is 32.1. The van der Waals surface area contributed by atoms with Crippen molar-refractivity contribution >= 4 is 44.6 Å². The third-order valence-electron chi connectivity index (χ3n) is 3.46. The topological polar surface area (TPSA) is 94.3 Å². The van der Waals surface area contributed by atoms with Gasteiger partial charge in [0.1, 0.15) is 5.75 Å². The number of benzene rings is 2. The molecule has 7 heteroatoms. The summed E-state index contributed by atoms with van der Waals surface area (Å²) in [5.41, 5.74) is 7.87. The van der Waals surface area contributed by atoms with E-state index >= 15 is 0 Å². The van der Waals surface area contributed by atoms with E-state index in [4.69, 9.17) is 10.5 Å². The first-order valence-electron chi connectivity index (χ1n) is 7.87. The van der Waals surface area contributed by atoms with Crippen LogP contribution in [0.25, 0.3) is 16.3 Å². The number of rotatable bonds is 6. The summed E-state index contributed by atoms with van der Waals surface area (Å²) in [7, 11) is 0. The van der Waals surface area contributed by atoms with Gasteiger partial charge in [0.05, 0.1) is 10.2 Å². The minimum absolute atomic E-state index is 0.167. The van der Waals surface area contributed by atoms with E-state index in [2.05, 4.69) is 10.3 Å². The third kappa shape index (κ3) is 4.67. The Balaban J connectivity index is 1.60. The molecule has 1 heterocycles. The number of nitrogens with two attached hydrogens (primary N) is 1. The van der Waals surface area contributed by atoms with E-state index in [1.165, 1.54) is 17.4 Å². The van der Waals surface area contributed by atoms with Crippen LogP contribution in [0.15, 0.2) is 48.5 Å². The highest BCUT2D eigenvalue weighted by Gasteiger charge is 2.06. The zero-order valence-corrected chi connectivity index (χ0v) is 14.9. The van der Waals surface area contributed by atoms with Gasteiger partial charge in [0.2, 0.25) is 5.91 Å². The highest BCUT2D eigenvalue weighted by Crippen LogP contribution is 2.26. The van der Waals surface area contributed by atoms with Crippen LogP contribution in [0, 0.1) is 6.92 Å². The molecule has 0 aliphatic heterocycles. The maximum atomic E-state index is 12.1. The Kier molecular flexibility index (Phi) is 5.28. The zero-order valence-electron chi connectivity index (χ0n) is 14.1. The number of fused-ring (bicyclic) bond motifs is 1. The van der Waals surface area contributed by atoms with Crippen LogP contribution >= 0.6 is 11.3 Å². The zero-order chi connectivity index (χ0) is 18.5. The number of aromatic nitrogens is 1. The van der Waals surface area contributed by atoms with Crippen molar-refractivity contribution in [2.24, 2.45) is 5.73 Å². The van der Waals surface area contributed by atoms with Crippen molar-refractivity contribution in [1.82, 2.24) is 4.98 Å². The largest absolute Gasteiger partial charge is 0.484 e. The number of nitrogens with one attached hydrogen (secondary N) is 1. The summed E-state index contributed by atoms with van der Waals surface area (Å²) in [5.74, 6) is -0.249. The fourth-order valence-electron chi connectivity index (χ4n) is 2.23. The van der Waals surface area contributed by atoms with E-state index < -0.39 is 5.91 Å². The Labute approximate surface area is 154 Å². The molecule has 0 bridgehead atoms. The lowest BCUT2D eigenvalue weighted by atomic mass is 10.2. The van der Waals surface area contributed by atoms with Crippen molar-refractivity contribution in [1.29, 1.82) is 0 Å². The van der Waals surface area contributed by atoms with Gasteiger partial charge in [-0.25, -0.2) is 4.98 Å². The molecule has 2 amide bonds. The van der Waals surface area contributed by atoms with Crippen molar-refractivity contribution in [3.8, 4) is 5.75 Å². The van der Waals surface area contributed by atoms with Gasteiger partial charge in [-0.3, -0.25) is 14.9 Å². The van der Waals surface area contributed by atoms with Gasteiger partial charge in [0, 0.05) is 6.08 Å². The molecule has 0 spiro atoms. The molecule has 0 fully saturated rings. The van der Waals surface area contributed by atoms with Crippen LogP contribution in [0.4, 0.5) is 5.13 Å². The number of hydrogen-bond acceptors (Lipinski definition) is 5. The number of aryl methyl sites for hydroxylation is 1. The summed E-state index contributed by atoms with van der Waals surface area (Å²) in [5, 5.41) is 3.34. The monoisotopic (exact) mass is 367 g/mol. The Hall–Kier alpha value is -3.19. The second-order valence-corrected chi connectivity index (χ2v) is 6.67. The third-order valence-corrected chi connectivity index (χ3v) is 4.40.